The lowest BCUT2D eigenvalue weighted by molar-refractivity contribution is -0.158. The summed E-state index contributed by atoms with van der Waals surface area (Å²) in [7, 11) is 0. The second-order valence-corrected chi connectivity index (χ2v) is 11.5. The van der Waals surface area contributed by atoms with Gasteiger partial charge < -0.3 is 24.1 Å². The minimum atomic E-state index is -1.58. The first-order chi connectivity index (χ1) is 20.2. The van der Waals surface area contributed by atoms with Crippen molar-refractivity contribution in [2.24, 2.45) is 11.8 Å². The molecule has 0 aromatic heterocycles. The van der Waals surface area contributed by atoms with E-state index < -0.39 is 47.4 Å². The van der Waals surface area contributed by atoms with Crippen LogP contribution in [0, 0.1) is 18.8 Å². The Morgan fingerprint density at radius 1 is 1.07 bits per heavy atom. The van der Waals surface area contributed by atoms with Crippen molar-refractivity contribution in [2.75, 3.05) is 33.0 Å². The van der Waals surface area contributed by atoms with Gasteiger partial charge in [0.1, 0.15) is 5.60 Å². The lowest BCUT2D eigenvalue weighted by Gasteiger charge is -2.33. The van der Waals surface area contributed by atoms with Gasteiger partial charge in [-0.3, -0.25) is 19.2 Å². The fraction of sp³-hybridized carbons (Fsp3) is 0.594. The Labute approximate surface area is 253 Å². The van der Waals surface area contributed by atoms with E-state index in [9.17, 15) is 24.0 Å². The van der Waals surface area contributed by atoms with E-state index >= 15 is 0 Å². The average Bonchev–Trinajstić information content (AvgIpc) is 3.18. The number of amides is 2. The van der Waals surface area contributed by atoms with Gasteiger partial charge >= 0.3 is 12.1 Å². The Bertz CT molecular complexity index is 1190. The predicted octanol–water partition coefficient (Wildman–Crippen LogP) is 3.67. The van der Waals surface area contributed by atoms with Crippen LogP contribution in [0.4, 0.5) is 4.79 Å². The van der Waals surface area contributed by atoms with Crippen LogP contribution in [-0.2, 0) is 38.1 Å². The molecule has 43 heavy (non-hydrogen) atoms. The van der Waals surface area contributed by atoms with Gasteiger partial charge in [0.25, 0.3) is 0 Å². The van der Waals surface area contributed by atoms with Crippen molar-refractivity contribution in [3.63, 3.8) is 0 Å². The standard InChI is InChI=1S/C32H45NO10/c1-20(2)29-32(6,7)43-31(39)33(29)30(38)22(4)28(42-23(5)35)27(37)19-25(24-11-8-10-21(3)18-24)26(36)12-9-14-40-16-17-41-15-13-34/h8,10-11,18-20,22,28-29,34H,9,12-17H2,1-7H3/t22-,28-,29-/m1/s1. The van der Waals surface area contributed by atoms with Gasteiger partial charge in [-0.15, -0.1) is 0 Å². The molecule has 1 aliphatic rings. The molecule has 0 radical (unpaired) electrons. The van der Waals surface area contributed by atoms with Gasteiger partial charge in [0.15, 0.2) is 17.7 Å². The monoisotopic (exact) mass is 603 g/mol. The summed E-state index contributed by atoms with van der Waals surface area (Å²) in [5.74, 6) is -3.99. The molecule has 1 aliphatic heterocycles. The number of hydrogen-bond donors (Lipinski definition) is 1. The summed E-state index contributed by atoms with van der Waals surface area (Å²) in [6.07, 6.45) is -0.846. The third kappa shape index (κ3) is 10.1. The molecule has 1 heterocycles. The SMILES string of the molecule is CC(=O)O[C@@H](C(=O)C=C(C(=O)CCCOCCOCCO)c1cccc(C)c1)[C@@H](C)C(=O)N1C(=O)OC(C)(C)[C@H]1C(C)C. The summed E-state index contributed by atoms with van der Waals surface area (Å²) >= 11 is 0. The molecule has 1 aromatic carbocycles. The summed E-state index contributed by atoms with van der Waals surface area (Å²) in [6.45, 7) is 12.6. The van der Waals surface area contributed by atoms with E-state index in [1.807, 2.05) is 26.8 Å². The molecule has 0 unspecified atom stereocenters. The van der Waals surface area contributed by atoms with E-state index in [-0.39, 0.29) is 43.5 Å². The Morgan fingerprint density at radius 2 is 1.72 bits per heavy atom. The number of aryl methyl sites for hydroxylation is 1. The molecule has 11 heteroatoms. The molecule has 11 nitrogen and oxygen atoms in total. The number of aliphatic hydroxyl groups is 1. The Kier molecular flexibility index (Phi) is 13.7. The van der Waals surface area contributed by atoms with Gasteiger partial charge in [0.05, 0.1) is 38.4 Å². The number of nitrogens with zero attached hydrogens (tertiary/aromatic N) is 1. The minimum absolute atomic E-state index is 0.0715. The number of carbonyl (C=O) groups is 5. The van der Waals surface area contributed by atoms with E-state index in [0.29, 0.717) is 25.2 Å². The topological polar surface area (TPSA) is 146 Å². The predicted molar refractivity (Wildman–Crippen MR) is 158 cm³/mol. The summed E-state index contributed by atoms with van der Waals surface area (Å²) in [6, 6.07) is 6.46. The molecule has 1 fully saturated rings. The molecule has 2 amide bonds. The van der Waals surface area contributed by atoms with E-state index in [2.05, 4.69) is 0 Å². The lowest BCUT2D eigenvalue weighted by atomic mass is 9.87. The number of aliphatic hydroxyl groups excluding tert-OH is 1. The van der Waals surface area contributed by atoms with E-state index in [0.717, 1.165) is 23.5 Å². The number of rotatable bonds is 17. The number of esters is 1. The Hall–Kier alpha value is -3.41. The van der Waals surface area contributed by atoms with Gasteiger partial charge in [-0.2, -0.15) is 0 Å². The molecule has 0 saturated carbocycles. The highest BCUT2D eigenvalue weighted by atomic mass is 16.6. The second kappa shape index (κ2) is 16.4. The highest BCUT2D eigenvalue weighted by molar-refractivity contribution is 6.25. The first kappa shape index (κ1) is 35.8. The Morgan fingerprint density at radius 3 is 2.30 bits per heavy atom. The van der Waals surface area contributed by atoms with Crippen LogP contribution in [0.15, 0.2) is 30.3 Å². The van der Waals surface area contributed by atoms with Crippen LogP contribution in [0.1, 0.15) is 65.5 Å². The van der Waals surface area contributed by atoms with Gasteiger partial charge in [0, 0.05) is 25.5 Å². The quantitative estimate of drug-likeness (QED) is 0.159. The van der Waals surface area contributed by atoms with Gasteiger partial charge in [0.2, 0.25) is 5.91 Å². The first-order valence-corrected chi connectivity index (χ1v) is 14.6. The van der Waals surface area contributed by atoms with Crippen LogP contribution >= 0.6 is 0 Å². The molecule has 238 valence electrons. The molecule has 1 saturated heterocycles. The van der Waals surface area contributed by atoms with Crippen molar-refractivity contribution in [1.82, 2.24) is 4.90 Å². The van der Waals surface area contributed by atoms with Gasteiger partial charge in [-0.05, 0) is 51.7 Å². The van der Waals surface area contributed by atoms with Crippen LogP contribution < -0.4 is 0 Å². The molecule has 1 aromatic rings. The highest BCUT2D eigenvalue weighted by Crippen LogP contribution is 2.35. The maximum atomic E-state index is 13.7. The highest BCUT2D eigenvalue weighted by Gasteiger charge is 2.53. The largest absolute Gasteiger partial charge is 0.453 e. The zero-order chi connectivity index (χ0) is 32.3. The van der Waals surface area contributed by atoms with Crippen molar-refractivity contribution in [2.45, 2.75) is 79.1 Å². The number of allylic oxidation sites excluding steroid dienone is 1. The molecule has 0 spiro atoms. The van der Waals surface area contributed by atoms with Gasteiger partial charge in [-0.1, -0.05) is 43.7 Å². The molecular formula is C32H45NO10. The first-order valence-electron chi connectivity index (χ1n) is 14.6. The van der Waals surface area contributed by atoms with Gasteiger partial charge in [-0.25, -0.2) is 9.69 Å². The summed E-state index contributed by atoms with van der Waals surface area (Å²) in [5.41, 5.74) is 0.521. The Balaban J connectivity index is 2.32. The molecule has 3 atom stereocenters. The van der Waals surface area contributed by atoms with Crippen molar-refractivity contribution < 1.29 is 48.0 Å². The summed E-state index contributed by atoms with van der Waals surface area (Å²) in [4.78, 5) is 66.6. The smallest absolute Gasteiger partial charge is 0.417 e. The minimum Gasteiger partial charge on any atom is -0.453 e. The number of imide groups is 1. The molecular weight excluding hydrogens is 558 g/mol. The second-order valence-electron chi connectivity index (χ2n) is 11.5. The fourth-order valence-electron chi connectivity index (χ4n) is 5.24. The maximum Gasteiger partial charge on any atom is 0.417 e. The van der Waals surface area contributed by atoms with Crippen LogP contribution in [0.2, 0.25) is 0 Å². The van der Waals surface area contributed by atoms with E-state index in [1.54, 1.807) is 32.0 Å². The van der Waals surface area contributed by atoms with Crippen LogP contribution in [-0.4, -0.2) is 90.3 Å². The lowest BCUT2D eigenvalue weighted by Crippen LogP contribution is -2.52. The van der Waals surface area contributed by atoms with Crippen LogP contribution in [0.5, 0.6) is 0 Å². The summed E-state index contributed by atoms with van der Waals surface area (Å²) in [5, 5.41) is 8.74. The zero-order valence-corrected chi connectivity index (χ0v) is 26.2. The van der Waals surface area contributed by atoms with Crippen molar-refractivity contribution in [1.29, 1.82) is 0 Å². The van der Waals surface area contributed by atoms with Crippen molar-refractivity contribution >= 4 is 35.1 Å². The number of hydrogen-bond acceptors (Lipinski definition) is 10. The number of benzene rings is 1. The maximum absolute atomic E-state index is 13.7. The van der Waals surface area contributed by atoms with E-state index in [4.69, 9.17) is 24.1 Å². The number of Topliss-reactive ketones (excluding diaryl/α,β-unsaturated/α-hetero) is 1. The van der Waals surface area contributed by atoms with Crippen LogP contribution in [0.25, 0.3) is 5.57 Å². The zero-order valence-electron chi connectivity index (χ0n) is 26.2. The van der Waals surface area contributed by atoms with Crippen LogP contribution in [0.3, 0.4) is 0 Å². The third-order valence-corrected chi connectivity index (χ3v) is 7.04. The number of carbonyl (C=O) groups excluding carboxylic acids is 5. The molecule has 0 bridgehead atoms. The average molecular weight is 604 g/mol. The number of ketones is 2. The number of cyclic esters (lactones) is 1. The third-order valence-electron chi connectivity index (χ3n) is 7.04. The van der Waals surface area contributed by atoms with Crippen molar-refractivity contribution in [3.8, 4) is 0 Å². The van der Waals surface area contributed by atoms with Crippen molar-refractivity contribution in [3.05, 3.63) is 41.5 Å². The fourth-order valence-corrected chi connectivity index (χ4v) is 5.24. The molecule has 1 N–H and O–H groups in total. The number of ether oxygens (including phenoxy) is 4. The summed E-state index contributed by atoms with van der Waals surface area (Å²) < 4.78 is 21.4. The molecule has 0 aliphatic carbocycles. The normalized spacial score (nSPS) is 17.9. The molecule has 2 rings (SSSR count). The van der Waals surface area contributed by atoms with E-state index in [1.165, 1.54) is 6.92 Å².